The second kappa shape index (κ2) is 6.02. The molecule has 1 rings (SSSR count). The second-order valence-corrected chi connectivity index (χ2v) is 5.03. The Morgan fingerprint density at radius 2 is 2.16 bits per heavy atom. The van der Waals surface area contributed by atoms with E-state index in [0.717, 1.165) is 0 Å². The largest absolute Gasteiger partial charge is 0.346 e. The Labute approximate surface area is 117 Å². The van der Waals surface area contributed by atoms with Crippen molar-refractivity contribution in [2.45, 2.75) is 32.7 Å². The maximum atomic E-state index is 12.1. The van der Waals surface area contributed by atoms with Crippen LogP contribution < -0.4 is 5.32 Å². The average Bonchev–Trinajstić information content (AvgIpc) is 2.37. The SMILES string of the molecule is CCC(C)(CCl)NC(=O)c1ccc([N+](=O)[O-])c(C)c1. The zero-order valence-corrected chi connectivity index (χ0v) is 12.0. The Morgan fingerprint density at radius 1 is 1.53 bits per heavy atom. The van der Waals surface area contributed by atoms with E-state index in [1.165, 1.54) is 18.2 Å². The van der Waals surface area contributed by atoms with Crippen molar-refractivity contribution in [3.05, 3.63) is 39.4 Å². The van der Waals surface area contributed by atoms with Gasteiger partial charge in [0, 0.05) is 23.1 Å². The molecule has 5 nitrogen and oxygen atoms in total. The summed E-state index contributed by atoms with van der Waals surface area (Å²) < 4.78 is 0. The number of rotatable bonds is 5. The number of hydrogen-bond acceptors (Lipinski definition) is 3. The van der Waals surface area contributed by atoms with Crippen molar-refractivity contribution in [2.24, 2.45) is 0 Å². The Kier molecular flexibility index (Phi) is 4.89. The second-order valence-electron chi connectivity index (χ2n) is 4.76. The monoisotopic (exact) mass is 284 g/mol. The fraction of sp³-hybridized carbons (Fsp3) is 0.462. The van der Waals surface area contributed by atoms with Crippen molar-refractivity contribution in [1.29, 1.82) is 0 Å². The molecule has 104 valence electrons. The maximum absolute atomic E-state index is 12.1. The standard InChI is InChI=1S/C13H17ClN2O3/c1-4-13(3,8-14)15-12(17)10-5-6-11(16(18)19)9(2)7-10/h5-7H,4,8H2,1-3H3,(H,15,17). The molecule has 1 unspecified atom stereocenters. The number of alkyl halides is 1. The number of nitrogens with zero attached hydrogens (tertiary/aromatic N) is 1. The van der Waals surface area contributed by atoms with Gasteiger partial charge in [-0.3, -0.25) is 14.9 Å². The van der Waals surface area contributed by atoms with Crippen LogP contribution in [0, 0.1) is 17.0 Å². The van der Waals surface area contributed by atoms with Crippen LogP contribution in [0.3, 0.4) is 0 Å². The predicted octanol–water partition coefficient (Wildman–Crippen LogP) is 3.04. The highest BCUT2D eigenvalue weighted by molar-refractivity contribution is 6.18. The highest BCUT2D eigenvalue weighted by atomic mass is 35.5. The normalized spacial score (nSPS) is 13.7. The van der Waals surface area contributed by atoms with Gasteiger partial charge < -0.3 is 5.32 Å². The van der Waals surface area contributed by atoms with Gasteiger partial charge in [-0.05, 0) is 32.4 Å². The van der Waals surface area contributed by atoms with Gasteiger partial charge in [0.1, 0.15) is 0 Å². The molecular weight excluding hydrogens is 268 g/mol. The number of nitro groups is 1. The molecule has 0 bridgehead atoms. The summed E-state index contributed by atoms with van der Waals surface area (Å²) in [5, 5.41) is 13.6. The molecule has 0 aliphatic rings. The number of benzene rings is 1. The van der Waals surface area contributed by atoms with Gasteiger partial charge in [0.05, 0.1) is 10.5 Å². The van der Waals surface area contributed by atoms with Gasteiger partial charge in [0.2, 0.25) is 0 Å². The van der Waals surface area contributed by atoms with Gasteiger partial charge >= 0.3 is 0 Å². The van der Waals surface area contributed by atoms with E-state index in [0.29, 0.717) is 23.4 Å². The molecule has 0 saturated carbocycles. The Balaban J connectivity index is 2.96. The van der Waals surface area contributed by atoms with Crippen LogP contribution in [0.1, 0.15) is 36.2 Å². The Morgan fingerprint density at radius 3 is 2.58 bits per heavy atom. The summed E-state index contributed by atoms with van der Waals surface area (Å²) in [6, 6.07) is 4.30. The van der Waals surface area contributed by atoms with Crippen LogP contribution in [0.15, 0.2) is 18.2 Å². The number of amides is 1. The molecule has 0 aliphatic heterocycles. The van der Waals surface area contributed by atoms with Crippen LogP contribution in [0.25, 0.3) is 0 Å². The first kappa shape index (κ1) is 15.4. The van der Waals surface area contributed by atoms with Gasteiger partial charge in [-0.2, -0.15) is 0 Å². The summed E-state index contributed by atoms with van der Waals surface area (Å²) in [6.45, 7) is 5.40. The summed E-state index contributed by atoms with van der Waals surface area (Å²) in [5.74, 6) is 0.0317. The van der Waals surface area contributed by atoms with Crippen molar-refractivity contribution >= 4 is 23.2 Å². The summed E-state index contributed by atoms with van der Waals surface area (Å²) in [4.78, 5) is 22.3. The minimum Gasteiger partial charge on any atom is -0.346 e. The summed E-state index contributed by atoms with van der Waals surface area (Å²) >= 11 is 5.83. The van der Waals surface area contributed by atoms with E-state index in [1.54, 1.807) is 6.92 Å². The van der Waals surface area contributed by atoms with Crippen LogP contribution in [-0.4, -0.2) is 22.2 Å². The van der Waals surface area contributed by atoms with E-state index >= 15 is 0 Å². The summed E-state index contributed by atoms with van der Waals surface area (Å²) in [5.41, 5.74) is 0.385. The third-order valence-electron chi connectivity index (χ3n) is 3.15. The first-order valence-electron chi connectivity index (χ1n) is 5.96. The molecule has 0 heterocycles. The topological polar surface area (TPSA) is 72.2 Å². The lowest BCUT2D eigenvalue weighted by molar-refractivity contribution is -0.385. The maximum Gasteiger partial charge on any atom is 0.272 e. The highest BCUT2D eigenvalue weighted by Gasteiger charge is 2.24. The van der Waals surface area contributed by atoms with Gasteiger partial charge in [-0.1, -0.05) is 6.92 Å². The summed E-state index contributed by atoms with van der Waals surface area (Å²) in [6.07, 6.45) is 0.703. The van der Waals surface area contributed by atoms with Crippen molar-refractivity contribution in [2.75, 3.05) is 5.88 Å². The summed E-state index contributed by atoms with van der Waals surface area (Å²) in [7, 11) is 0. The molecule has 0 aromatic heterocycles. The molecule has 1 amide bonds. The molecule has 1 aromatic carbocycles. The Bertz CT molecular complexity index is 499. The molecule has 6 heteroatoms. The average molecular weight is 285 g/mol. The number of carbonyl (C=O) groups excluding carboxylic acids is 1. The lowest BCUT2D eigenvalue weighted by Crippen LogP contribution is -2.47. The van der Waals surface area contributed by atoms with E-state index in [2.05, 4.69) is 5.32 Å². The number of nitrogens with one attached hydrogen (secondary N) is 1. The minimum absolute atomic E-state index is 0.00662. The molecule has 0 radical (unpaired) electrons. The number of carbonyl (C=O) groups is 1. The molecule has 19 heavy (non-hydrogen) atoms. The van der Waals surface area contributed by atoms with E-state index in [-0.39, 0.29) is 11.6 Å². The fourth-order valence-electron chi connectivity index (χ4n) is 1.56. The first-order valence-corrected chi connectivity index (χ1v) is 6.50. The van der Waals surface area contributed by atoms with Crippen molar-refractivity contribution in [3.8, 4) is 0 Å². The van der Waals surface area contributed by atoms with Crippen molar-refractivity contribution in [3.63, 3.8) is 0 Å². The predicted molar refractivity (Wildman–Crippen MR) is 74.7 cm³/mol. The molecule has 0 spiro atoms. The molecule has 1 aromatic rings. The quantitative estimate of drug-likeness (QED) is 0.513. The van der Waals surface area contributed by atoms with Crippen molar-refractivity contribution in [1.82, 2.24) is 5.32 Å². The van der Waals surface area contributed by atoms with Crippen LogP contribution in [0.2, 0.25) is 0 Å². The highest BCUT2D eigenvalue weighted by Crippen LogP contribution is 2.20. The minimum atomic E-state index is -0.478. The fourth-order valence-corrected chi connectivity index (χ4v) is 1.82. The number of aryl methyl sites for hydroxylation is 1. The van der Waals surface area contributed by atoms with Crippen LogP contribution in [0.4, 0.5) is 5.69 Å². The number of hydrogen-bond donors (Lipinski definition) is 1. The van der Waals surface area contributed by atoms with Gasteiger partial charge in [0.15, 0.2) is 0 Å². The zero-order chi connectivity index (χ0) is 14.6. The van der Waals surface area contributed by atoms with Crippen LogP contribution in [0.5, 0.6) is 0 Å². The van der Waals surface area contributed by atoms with Crippen molar-refractivity contribution < 1.29 is 9.72 Å². The molecule has 0 fully saturated rings. The number of halogens is 1. The van der Waals surface area contributed by atoms with E-state index < -0.39 is 10.5 Å². The third-order valence-corrected chi connectivity index (χ3v) is 3.74. The molecule has 0 aliphatic carbocycles. The smallest absolute Gasteiger partial charge is 0.272 e. The molecule has 1 N–H and O–H groups in total. The van der Waals surface area contributed by atoms with Crippen LogP contribution >= 0.6 is 11.6 Å². The first-order chi connectivity index (χ1) is 8.83. The van der Waals surface area contributed by atoms with E-state index in [9.17, 15) is 14.9 Å². The molecular formula is C13H17ClN2O3. The lowest BCUT2D eigenvalue weighted by atomic mass is 10.0. The van der Waals surface area contributed by atoms with Gasteiger partial charge in [0.25, 0.3) is 11.6 Å². The van der Waals surface area contributed by atoms with E-state index in [4.69, 9.17) is 11.6 Å². The molecule has 0 saturated heterocycles. The Hall–Kier alpha value is -1.62. The van der Waals surface area contributed by atoms with Crippen LogP contribution in [-0.2, 0) is 0 Å². The third kappa shape index (κ3) is 3.67. The zero-order valence-electron chi connectivity index (χ0n) is 11.2. The van der Waals surface area contributed by atoms with Gasteiger partial charge in [-0.15, -0.1) is 11.6 Å². The van der Waals surface area contributed by atoms with Gasteiger partial charge in [-0.25, -0.2) is 0 Å². The molecule has 1 atom stereocenters. The number of nitro benzene ring substituents is 1. The lowest BCUT2D eigenvalue weighted by Gasteiger charge is -2.27. The van der Waals surface area contributed by atoms with E-state index in [1.807, 2.05) is 13.8 Å².